The van der Waals surface area contributed by atoms with E-state index in [0.717, 1.165) is 0 Å². The molecule has 1 rings (SSSR count). The molecule has 92 valence electrons. The maximum absolute atomic E-state index is 11.0. The summed E-state index contributed by atoms with van der Waals surface area (Å²) >= 11 is 0. The molecular formula is C10H12N2O5. The Balaban J connectivity index is 3.40. The van der Waals surface area contributed by atoms with Gasteiger partial charge in [0.2, 0.25) is 5.91 Å². The van der Waals surface area contributed by atoms with Crippen molar-refractivity contribution < 1.29 is 19.2 Å². The van der Waals surface area contributed by atoms with Crippen LogP contribution >= 0.6 is 0 Å². The maximum Gasteiger partial charge on any atom is 0.300 e. The van der Waals surface area contributed by atoms with Crippen LogP contribution in [0.5, 0.6) is 11.5 Å². The molecule has 0 radical (unpaired) electrons. The largest absolute Gasteiger partial charge is 0.496 e. The Labute approximate surface area is 97.5 Å². The van der Waals surface area contributed by atoms with Gasteiger partial charge in [-0.2, -0.15) is 0 Å². The van der Waals surface area contributed by atoms with Crippen molar-refractivity contribution in [2.45, 2.75) is 6.92 Å². The van der Waals surface area contributed by atoms with Gasteiger partial charge in [0, 0.05) is 13.0 Å². The number of ether oxygens (including phenoxy) is 2. The van der Waals surface area contributed by atoms with Gasteiger partial charge in [0.25, 0.3) is 5.69 Å². The third-order valence-electron chi connectivity index (χ3n) is 2.01. The second-order valence-corrected chi connectivity index (χ2v) is 3.16. The van der Waals surface area contributed by atoms with E-state index in [2.05, 4.69) is 5.32 Å². The highest BCUT2D eigenvalue weighted by atomic mass is 16.6. The van der Waals surface area contributed by atoms with Gasteiger partial charge in [-0.15, -0.1) is 0 Å². The summed E-state index contributed by atoms with van der Waals surface area (Å²) in [5.74, 6) is 0.0328. The van der Waals surface area contributed by atoms with Crippen molar-refractivity contribution in [3.05, 3.63) is 22.2 Å². The fourth-order valence-electron chi connectivity index (χ4n) is 1.30. The number of nitrogens with zero attached hydrogens (tertiary/aromatic N) is 1. The number of nitro groups is 1. The van der Waals surface area contributed by atoms with Gasteiger partial charge < -0.3 is 14.8 Å². The molecule has 1 aromatic rings. The fourth-order valence-corrected chi connectivity index (χ4v) is 1.30. The van der Waals surface area contributed by atoms with Gasteiger partial charge in [0.05, 0.1) is 25.2 Å². The lowest BCUT2D eigenvalue weighted by Crippen LogP contribution is -2.09. The van der Waals surface area contributed by atoms with Crippen LogP contribution < -0.4 is 14.8 Å². The van der Waals surface area contributed by atoms with E-state index in [1.807, 2.05) is 0 Å². The lowest BCUT2D eigenvalue weighted by Gasteiger charge is -2.11. The Morgan fingerprint density at radius 1 is 1.35 bits per heavy atom. The molecule has 0 spiro atoms. The van der Waals surface area contributed by atoms with Crippen LogP contribution in [0.3, 0.4) is 0 Å². The third kappa shape index (κ3) is 2.83. The molecule has 17 heavy (non-hydrogen) atoms. The quantitative estimate of drug-likeness (QED) is 0.637. The highest BCUT2D eigenvalue weighted by Gasteiger charge is 2.21. The van der Waals surface area contributed by atoms with Crippen molar-refractivity contribution in [2.75, 3.05) is 19.5 Å². The third-order valence-corrected chi connectivity index (χ3v) is 2.01. The predicted molar refractivity (Wildman–Crippen MR) is 60.5 cm³/mol. The van der Waals surface area contributed by atoms with Gasteiger partial charge in [-0.1, -0.05) is 0 Å². The summed E-state index contributed by atoms with van der Waals surface area (Å²) in [5, 5.41) is 13.2. The number of nitrogens with one attached hydrogen (secondary N) is 1. The number of methoxy groups -OCH3 is 2. The highest BCUT2D eigenvalue weighted by Crippen LogP contribution is 2.38. The van der Waals surface area contributed by atoms with Crippen molar-refractivity contribution >= 4 is 17.3 Å². The monoisotopic (exact) mass is 240 g/mol. The molecule has 0 atom stereocenters. The number of hydrogen-bond donors (Lipinski definition) is 1. The molecular weight excluding hydrogens is 228 g/mol. The molecule has 7 nitrogen and oxygen atoms in total. The van der Waals surface area contributed by atoms with Crippen molar-refractivity contribution in [1.82, 2.24) is 0 Å². The van der Waals surface area contributed by atoms with Crippen LogP contribution in [0.1, 0.15) is 6.92 Å². The molecule has 0 saturated carbocycles. The number of carbonyl (C=O) groups is 1. The van der Waals surface area contributed by atoms with Gasteiger partial charge in [0.15, 0.2) is 11.4 Å². The predicted octanol–water partition coefficient (Wildman–Crippen LogP) is 1.57. The summed E-state index contributed by atoms with van der Waals surface area (Å²) in [6.45, 7) is 1.26. The molecule has 0 bridgehead atoms. The van der Waals surface area contributed by atoms with Crippen molar-refractivity contribution in [3.8, 4) is 11.5 Å². The first kappa shape index (κ1) is 12.8. The second-order valence-electron chi connectivity index (χ2n) is 3.16. The van der Waals surface area contributed by atoms with E-state index in [4.69, 9.17) is 9.47 Å². The zero-order valence-electron chi connectivity index (χ0n) is 9.64. The summed E-state index contributed by atoms with van der Waals surface area (Å²) in [6, 6.07) is 2.67. The first-order valence-corrected chi connectivity index (χ1v) is 4.67. The van der Waals surface area contributed by atoms with Crippen LogP contribution in [0.25, 0.3) is 0 Å². The van der Waals surface area contributed by atoms with E-state index in [-0.39, 0.29) is 22.9 Å². The van der Waals surface area contributed by atoms with Gasteiger partial charge in [-0.25, -0.2) is 0 Å². The molecule has 0 aromatic heterocycles. The van der Waals surface area contributed by atoms with E-state index < -0.39 is 10.8 Å². The number of hydrogen-bond acceptors (Lipinski definition) is 5. The van der Waals surface area contributed by atoms with Crippen molar-refractivity contribution in [3.63, 3.8) is 0 Å². The first-order chi connectivity index (χ1) is 7.99. The van der Waals surface area contributed by atoms with E-state index in [1.54, 1.807) is 0 Å². The Morgan fingerprint density at radius 2 is 2.00 bits per heavy atom. The van der Waals surface area contributed by atoms with E-state index in [0.29, 0.717) is 0 Å². The minimum absolute atomic E-state index is 0.0193. The summed E-state index contributed by atoms with van der Waals surface area (Å²) in [4.78, 5) is 21.3. The molecule has 0 saturated heterocycles. The van der Waals surface area contributed by atoms with E-state index >= 15 is 0 Å². The van der Waals surface area contributed by atoms with Gasteiger partial charge in [-0.05, 0) is 0 Å². The normalized spacial score (nSPS) is 9.59. The van der Waals surface area contributed by atoms with Crippen LogP contribution in [0.15, 0.2) is 12.1 Å². The van der Waals surface area contributed by atoms with Gasteiger partial charge in [0.1, 0.15) is 5.75 Å². The topological polar surface area (TPSA) is 90.7 Å². The highest BCUT2D eigenvalue weighted by molar-refractivity contribution is 5.93. The van der Waals surface area contributed by atoms with Gasteiger partial charge in [-0.3, -0.25) is 14.9 Å². The number of amides is 1. The number of benzene rings is 1. The average molecular weight is 240 g/mol. The Morgan fingerprint density at radius 3 is 2.41 bits per heavy atom. The van der Waals surface area contributed by atoms with Crippen LogP contribution in [0.2, 0.25) is 0 Å². The van der Waals surface area contributed by atoms with Crippen molar-refractivity contribution in [2.24, 2.45) is 0 Å². The lowest BCUT2D eigenvalue weighted by molar-refractivity contribution is -0.384. The minimum Gasteiger partial charge on any atom is -0.496 e. The molecule has 0 heterocycles. The molecule has 0 aliphatic rings. The zero-order valence-corrected chi connectivity index (χ0v) is 9.64. The number of nitro benzene ring substituents is 1. The van der Waals surface area contributed by atoms with E-state index in [1.165, 1.54) is 33.3 Å². The molecule has 0 unspecified atom stereocenters. The van der Waals surface area contributed by atoms with Gasteiger partial charge >= 0.3 is 0 Å². The lowest BCUT2D eigenvalue weighted by atomic mass is 10.2. The SMILES string of the molecule is COc1cc(OC)c(NC(C)=O)c([N+](=O)[O-])c1. The zero-order chi connectivity index (χ0) is 13.0. The molecule has 0 fully saturated rings. The number of carbonyl (C=O) groups excluding carboxylic acids is 1. The molecule has 0 aliphatic heterocycles. The Hall–Kier alpha value is -2.31. The number of anilines is 1. The van der Waals surface area contributed by atoms with Crippen LogP contribution in [0, 0.1) is 10.1 Å². The molecule has 1 amide bonds. The second kappa shape index (κ2) is 5.15. The van der Waals surface area contributed by atoms with E-state index in [9.17, 15) is 14.9 Å². The summed E-state index contributed by atoms with van der Waals surface area (Å²) in [6.07, 6.45) is 0. The maximum atomic E-state index is 11.0. The van der Waals surface area contributed by atoms with Crippen LogP contribution in [-0.4, -0.2) is 25.1 Å². The smallest absolute Gasteiger partial charge is 0.300 e. The minimum atomic E-state index is -0.615. The fraction of sp³-hybridized carbons (Fsp3) is 0.300. The Kier molecular flexibility index (Phi) is 3.86. The summed E-state index contributed by atoms with van der Waals surface area (Å²) in [5.41, 5.74) is -0.262. The average Bonchev–Trinajstić information content (AvgIpc) is 2.28. The summed E-state index contributed by atoms with van der Waals surface area (Å²) < 4.78 is 9.89. The Bertz CT molecular complexity index is 458. The molecule has 0 aliphatic carbocycles. The number of rotatable bonds is 4. The molecule has 1 aromatic carbocycles. The van der Waals surface area contributed by atoms with Crippen LogP contribution in [0.4, 0.5) is 11.4 Å². The first-order valence-electron chi connectivity index (χ1n) is 4.67. The van der Waals surface area contributed by atoms with Crippen molar-refractivity contribution in [1.29, 1.82) is 0 Å². The molecule has 7 heteroatoms. The molecule has 1 N–H and O–H groups in total. The standard InChI is InChI=1S/C10H12N2O5/c1-6(13)11-10-8(12(14)15)4-7(16-2)5-9(10)17-3/h4-5H,1-3H3,(H,11,13). The summed E-state index contributed by atoms with van der Waals surface area (Å²) in [7, 11) is 2.74. The van der Waals surface area contributed by atoms with Crippen LogP contribution in [-0.2, 0) is 4.79 Å².